The van der Waals surface area contributed by atoms with Gasteiger partial charge in [0.1, 0.15) is 5.70 Å². The van der Waals surface area contributed by atoms with Crippen LogP contribution in [0.15, 0.2) is 58.7 Å². The Morgan fingerprint density at radius 2 is 1.59 bits per heavy atom. The van der Waals surface area contributed by atoms with Crippen molar-refractivity contribution in [2.75, 3.05) is 13.1 Å². The van der Waals surface area contributed by atoms with Crippen molar-refractivity contribution >= 4 is 33.8 Å². The summed E-state index contributed by atoms with van der Waals surface area (Å²) in [5.74, 6) is -0.401. The number of likely N-dealkylation sites (tertiary alicyclic amines) is 1. The number of aryl methyl sites for hydroxylation is 1. The van der Waals surface area contributed by atoms with E-state index in [1.54, 1.807) is 18.2 Å². The Balaban J connectivity index is 1.86. The molecule has 1 aliphatic rings. The molecule has 0 atom stereocenters. The molecule has 0 aromatic heterocycles. The predicted molar refractivity (Wildman–Crippen MR) is 111 cm³/mol. The molecule has 1 aliphatic heterocycles. The zero-order valence-corrected chi connectivity index (χ0v) is 17.0. The number of benzene rings is 2. The molecule has 0 bridgehead atoms. The lowest BCUT2D eigenvalue weighted by Gasteiger charge is -2.27. The van der Waals surface area contributed by atoms with E-state index in [0.717, 1.165) is 48.0 Å². The molecule has 0 unspecified atom stereocenters. The first kappa shape index (κ1) is 19.4. The number of hydrogen-bond donors (Lipinski definition) is 1. The molecule has 1 heterocycles. The number of carbonyl (C=O) groups is 2. The first-order chi connectivity index (χ1) is 13.0. The van der Waals surface area contributed by atoms with Crippen LogP contribution in [0.4, 0.5) is 0 Å². The summed E-state index contributed by atoms with van der Waals surface area (Å²) in [5.41, 5.74) is 2.79. The zero-order valence-electron chi connectivity index (χ0n) is 15.4. The Kier molecular flexibility index (Phi) is 6.45. The number of piperidine rings is 1. The van der Waals surface area contributed by atoms with Crippen LogP contribution < -0.4 is 5.32 Å². The van der Waals surface area contributed by atoms with E-state index in [1.807, 2.05) is 48.2 Å². The molecule has 2 aromatic carbocycles. The van der Waals surface area contributed by atoms with Gasteiger partial charge < -0.3 is 10.2 Å². The largest absolute Gasteiger partial charge is 0.337 e. The highest BCUT2D eigenvalue weighted by Gasteiger charge is 2.22. The van der Waals surface area contributed by atoms with Crippen molar-refractivity contribution in [1.82, 2.24) is 10.2 Å². The number of nitrogens with one attached hydrogen (secondary N) is 1. The Morgan fingerprint density at radius 1 is 0.963 bits per heavy atom. The summed E-state index contributed by atoms with van der Waals surface area (Å²) in [7, 11) is 0. The lowest BCUT2D eigenvalue weighted by atomic mass is 10.1. The van der Waals surface area contributed by atoms with Gasteiger partial charge in [0.2, 0.25) is 0 Å². The zero-order chi connectivity index (χ0) is 19.2. The van der Waals surface area contributed by atoms with E-state index in [4.69, 9.17) is 0 Å². The van der Waals surface area contributed by atoms with Gasteiger partial charge in [-0.25, -0.2) is 0 Å². The second kappa shape index (κ2) is 9.00. The third-order valence-electron chi connectivity index (χ3n) is 4.62. The molecule has 0 saturated carbocycles. The molecule has 1 fully saturated rings. The van der Waals surface area contributed by atoms with Crippen LogP contribution in [0, 0.1) is 6.92 Å². The van der Waals surface area contributed by atoms with Crippen molar-refractivity contribution in [2.45, 2.75) is 26.2 Å². The van der Waals surface area contributed by atoms with Crippen molar-refractivity contribution in [3.8, 4) is 0 Å². The quantitative estimate of drug-likeness (QED) is 0.729. The minimum Gasteiger partial charge on any atom is -0.337 e. The minimum absolute atomic E-state index is 0.127. The average molecular weight is 427 g/mol. The molecular formula is C22H23BrN2O2. The maximum absolute atomic E-state index is 13.0. The maximum atomic E-state index is 13.0. The fourth-order valence-electron chi connectivity index (χ4n) is 3.04. The molecule has 2 amide bonds. The van der Waals surface area contributed by atoms with Crippen LogP contribution in [0.5, 0.6) is 0 Å². The minimum atomic E-state index is -0.274. The van der Waals surface area contributed by atoms with Gasteiger partial charge in [0.15, 0.2) is 0 Å². The second-order valence-corrected chi connectivity index (χ2v) is 7.70. The molecule has 3 rings (SSSR count). The van der Waals surface area contributed by atoms with E-state index in [9.17, 15) is 9.59 Å². The number of hydrogen-bond acceptors (Lipinski definition) is 2. The van der Waals surface area contributed by atoms with E-state index in [1.165, 1.54) is 0 Å². The van der Waals surface area contributed by atoms with Crippen LogP contribution in [0.1, 0.15) is 40.7 Å². The van der Waals surface area contributed by atoms with Gasteiger partial charge in [-0.05, 0) is 62.1 Å². The van der Waals surface area contributed by atoms with Crippen LogP contribution in [0.25, 0.3) is 6.08 Å². The van der Waals surface area contributed by atoms with Crippen LogP contribution in [-0.4, -0.2) is 29.8 Å². The van der Waals surface area contributed by atoms with Crippen LogP contribution in [0.3, 0.4) is 0 Å². The van der Waals surface area contributed by atoms with Gasteiger partial charge in [0.05, 0.1) is 0 Å². The van der Waals surface area contributed by atoms with Crippen molar-refractivity contribution in [1.29, 1.82) is 0 Å². The lowest BCUT2D eigenvalue weighted by Crippen LogP contribution is -2.41. The molecule has 1 N–H and O–H groups in total. The first-order valence-corrected chi connectivity index (χ1v) is 9.97. The van der Waals surface area contributed by atoms with E-state index in [0.29, 0.717) is 11.3 Å². The summed E-state index contributed by atoms with van der Waals surface area (Å²) in [6, 6.07) is 15.0. The predicted octanol–water partition coefficient (Wildman–Crippen LogP) is 4.54. The van der Waals surface area contributed by atoms with Crippen molar-refractivity contribution in [2.24, 2.45) is 0 Å². The van der Waals surface area contributed by atoms with E-state index >= 15 is 0 Å². The molecule has 5 heteroatoms. The molecule has 0 radical (unpaired) electrons. The Morgan fingerprint density at radius 3 is 2.22 bits per heavy atom. The molecule has 1 saturated heterocycles. The summed E-state index contributed by atoms with van der Waals surface area (Å²) in [4.78, 5) is 27.5. The molecule has 0 aliphatic carbocycles. The van der Waals surface area contributed by atoms with Gasteiger partial charge in [-0.2, -0.15) is 0 Å². The van der Waals surface area contributed by atoms with Crippen molar-refractivity contribution in [3.05, 3.63) is 75.4 Å². The van der Waals surface area contributed by atoms with E-state index < -0.39 is 0 Å². The number of halogens is 1. The normalized spacial score (nSPS) is 14.7. The Hall–Kier alpha value is -2.40. The standard InChI is InChI=1S/C22H23BrN2O2/c1-16-5-9-18(10-6-16)21(26)24-20(15-17-7-11-19(23)12-8-17)22(27)25-13-3-2-4-14-25/h5-12,15H,2-4,13-14H2,1H3,(H,24,26). The third-order valence-corrected chi connectivity index (χ3v) is 5.15. The fourth-order valence-corrected chi connectivity index (χ4v) is 3.31. The van der Waals surface area contributed by atoms with Crippen LogP contribution in [0.2, 0.25) is 0 Å². The van der Waals surface area contributed by atoms with Crippen molar-refractivity contribution in [3.63, 3.8) is 0 Å². The molecule has 0 spiro atoms. The highest BCUT2D eigenvalue weighted by atomic mass is 79.9. The van der Waals surface area contributed by atoms with Gasteiger partial charge in [0, 0.05) is 23.1 Å². The van der Waals surface area contributed by atoms with Gasteiger partial charge in [0.25, 0.3) is 11.8 Å². The van der Waals surface area contributed by atoms with Crippen LogP contribution >= 0.6 is 15.9 Å². The van der Waals surface area contributed by atoms with Gasteiger partial charge in [-0.1, -0.05) is 45.8 Å². The fraction of sp³-hybridized carbons (Fsp3) is 0.273. The number of amides is 2. The third kappa shape index (κ3) is 5.30. The summed E-state index contributed by atoms with van der Waals surface area (Å²) >= 11 is 3.41. The molecule has 4 nitrogen and oxygen atoms in total. The Labute approximate surface area is 168 Å². The average Bonchev–Trinajstić information content (AvgIpc) is 2.69. The molecule has 2 aromatic rings. The smallest absolute Gasteiger partial charge is 0.270 e. The highest BCUT2D eigenvalue weighted by Crippen LogP contribution is 2.16. The monoisotopic (exact) mass is 426 g/mol. The van der Waals surface area contributed by atoms with Gasteiger partial charge in [-0.15, -0.1) is 0 Å². The molecular weight excluding hydrogens is 404 g/mol. The number of rotatable bonds is 4. The van der Waals surface area contributed by atoms with E-state index in [2.05, 4.69) is 21.2 Å². The summed E-state index contributed by atoms with van der Waals surface area (Å²) in [5, 5.41) is 2.83. The van der Waals surface area contributed by atoms with E-state index in [-0.39, 0.29) is 11.8 Å². The molecule has 27 heavy (non-hydrogen) atoms. The number of carbonyl (C=O) groups excluding carboxylic acids is 2. The first-order valence-electron chi connectivity index (χ1n) is 9.17. The summed E-state index contributed by atoms with van der Waals surface area (Å²) < 4.78 is 0.965. The highest BCUT2D eigenvalue weighted by molar-refractivity contribution is 9.10. The topological polar surface area (TPSA) is 49.4 Å². The maximum Gasteiger partial charge on any atom is 0.270 e. The molecule has 140 valence electrons. The Bertz CT molecular complexity index is 836. The summed E-state index contributed by atoms with van der Waals surface area (Å²) in [6.45, 7) is 3.44. The number of nitrogens with zero attached hydrogens (tertiary/aromatic N) is 1. The SMILES string of the molecule is Cc1ccc(C(=O)NC(=Cc2ccc(Br)cc2)C(=O)N2CCCCC2)cc1. The second-order valence-electron chi connectivity index (χ2n) is 6.78. The van der Waals surface area contributed by atoms with Crippen LogP contribution in [-0.2, 0) is 4.79 Å². The van der Waals surface area contributed by atoms with Crippen molar-refractivity contribution < 1.29 is 9.59 Å². The lowest BCUT2D eigenvalue weighted by molar-refractivity contribution is -0.128. The summed E-state index contributed by atoms with van der Waals surface area (Å²) in [6.07, 6.45) is 4.90. The van der Waals surface area contributed by atoms with Gasteiger partial charge >= 0.3 is 0 Å². The van der Waals surface area contributed by atoms with Gasteiger partial charge in [-0.3, -0.25) is 9.59 Å².